The van der Waals surface area contributed by atoms with Crippen molar-refractivity contribution in [2.45, 2.75) is 12.8 Å². The summed E-state index contributed by atoms with van der Waals surface area (Å²) in [6, 6.07) is 13.5. The topological polar surface area (TPSA) is 109 Å². The van der Waals surface area contributed by atoms with E-state index in [0.29, 0.717) is 22.6 Å². The van der Waals surface area contributed by atoms with Gasteiger partial charge in [-0.1, -0.05) is 12.1 Å². The number of nitrogens with zero attached hydrogens (tertiary/aromatic N) is 1. The maximum Gasteiger partial charge on any atom is 0.262 e. The lowest BCUT2D eigenvalue weighted by atomic mass is 10.2. The van der Waals surface area contributed by atoms with Gasteiger partial charge in [0, 0.05) is 29.9 Å². The van der Waals surface area contributed by atoms with Crippen LogP contribution in [0, 0.1) is 5.41 Å². The molecule has 27 heavy (non-hydrogen) atoms. The number of carbonyl (C=O) groups is 2. The fourth-order valence-electron chi connectivity index (χ4n) is 2.90. The molecule has 2 amide bonds. The van der Waals surface area contributed by atoms with Crippen LogP contribution in [0.25, 0.3) is 0 Å². The number of nitrogen functional groups attached to an aromatic ring is 1. The molecule has 0 bridgehead atoms. The smallest absolute Gasteiger partial charge is 0.262 e. The van der Waals surface area contributed by atoms with Gasteiger partial charge in [0.15, 0.2) is 6.61 Å². The van der Waals surface area contributed by atoms with E-state index in [9.17, 15) is 9.59 Å². The van der Waals surface area contributed by atoms with Gasteiger partial charge in [0.05, 0.1) is 0 Å². The SMILES string of the molecule is N=C(N)c1cccc(OCC(=O)Nc2ccc(C(=O)N3CCCC3)cc2)c1. The van der Waals surface area contributed by atoms with Gasteiger partial charge in [0.2, 0.25) is 0 Å². The maximum absolute atomic E-state index is 12.3. The number of hydrogen-bond donors (Lipinski definition) is 3. The molecule has 7 heteroatoms. The van der Waals surface area contributed by atoms with Crippen LogP contribution in [0.15, 0.2) is 48.5 Å². The van der Waals surface area contributed by atoms with Crippen LogP contribution in [0.5, 0.6) is 5.75 Å². The lowest BCUT2D eigenvalue weighted by Gasteiger charge is -2.15. The highest BCUT2D eigenvalue weighted by Gasteiger charge is 2.19. The van der Waals surface area contributed by atoms with E-state index in [1.54, 1.807) is 48.5 Å². The number of amidine groups is 1. The van der Waals surface area contributed by atoms with Crippen molar-refractivity contribution < 1.29 is 14.3 Å². The summed E-state index contributed by atoms with van der Waals surface area (Å²) in [4.78, 5) is 26.2. The Balaban J connectivity index is 1.52. The quantitative estimate of drug-likeness (QED) is 0.538. The predicted octanol–water partition coefficient (Wildman–Crippen LogP) is 2.22. The summed E-state index contributed by atoms with van der Waals surface area (Å²) in [6.07, 6.45) is 2.10. The van der Waals surface area contributed by atoms with Crippen LogP contribution in [0.4, 0.5) is 5.69 Å². The van der Waals surface area contributed by atoms with E-state index in [0.717, 1.165) is 25.9 Å². The van der Waals surface area contributed by atoms with E-state index in [1.807, 2.05) is 4.90 Å². The standard InChI is InChI=1S/C20H22N4O3/c21-19(22)15-4-3-5-17(12-15)27-13-18(25)23-16-8-6-14(7-9-16)20(26)24-10-1-2-11-24/h3-9,12H,1-2,10-11,13H2,(H3,21,22)(H,23,25). The van der Waals surface area contributed by atoms with Gasteiger partial charge in [0.25, 0.3) is 11.8 Å². The summed E-state index contributed by atoms with van der Waals surface area (Å²) in [5.74, 6) is 0.110. The molecule has 0 radical (unpaired) electrons. The number of hydrogen-bond acceptors (Lipinski definition) is 4. The average molecular weight is 366 g/mol. The van der Waals surface area contributed by atoms with E-state index < -0.39 is 0 Å². The van der Waals surface area contributed by atoms with Crippen molar-refractivity contribution in [3.63, 3.8) is 0 Å². The Kier molecular flexibility index (Phi) is 5.71. The molecule has 1 heterocycles. The minimum absolute atomic E-state index is 0.0269. The van der Waals surface area contributed by atoms with Gasteiger partial charge >= 0.3 is 0 Å². The normalized spacial score (nSPS) is 13.3. The van der Waals surface area contributed by atoms with Crippen LogP contribution in [0.2, 0.25) is 0 Å². The predicted molar refractivity (Wildman–Crippen MR) is 103 cm³/mol. The first-order valence-corrected chi connectivity index (χ1v) is 8.79. The van der Waals surface area contributed by atoms with Crippen LogP contribution in [-0.4, -0.2) is 42.2 Å². The van der Waals surface area contributed by atoms with E-state index >= 15 is 0 Å². The molecule has 4 N–H and O–H groups in total. The van der Waals surface area contributed by atoms with E-state index in [4.69, 9.17) is 15.9 Å². The molecule has 0 aliphatic carbocycles. The van der Waals surface area contributed by atoms with Crippen molar-refractivity contribution in [1.29, 1.82) is 5.41 Å². The Hall–Kier alpha value is -3.35. The van der Waals surface area contributed by atoms with Gasteiger partial charge < -0.3 is 20.7 Å². The minimum Gasteiger partial charge on any atom is -0.484 e. The van der Waals surface area contributed by atoms with E-state index in [1.165, 1.54) is 0 Å². The highest BCUT2D eigenvalue weighted by molar-refractivity contribution is 5.96. The molecular weight excluding hydrogens is 344 g/mol. The summed E-state index contributed by atoms with van der Waals surface area (Å²) in [7, 11) is 0. The summed E-state index contributed by atoms with van der Waals surface area (Å²) >= 11 is 0. The Bertz CT molecular complexity index is 843. The summed E-state index contributed by atoms with van der Waals surface area (Å²) in [6.45, 7) is 1.44. The first kappa shape index (κ1) is 18.4. The Morgan fingerprint density at radius 1 is 1.07 bits per heavy atom. The van der Waals surface area contributed by atoms with Gasteiger partial charge in [-0.15, -0.1) is 0 Å². The van der Waals surface area contributed by atoms with Crippen molar-refractivity contribution in [2.75, 3.05) is 25.0 Å². The molecular formula is C20H22N4O3. The molecule has 1 aliphatic rings. The summed E-state index contributed by atoms with van der Waals surface area (Å²) in [5, 5.41) is 10.1. The zero-order valence-electron chi connectivity index (χ0n) is 14.9. The third kappa shape index (κ3) is 4.84. The van der Waals surface area contributed by atoms with Gasteiger partial charge in [0.1, 0.15) is 11.6 Å². The highest BCUT2D eigenvalue weighted by Crippen LogP contribution is 2.16. The zero-order valence-corrected chi connectivity index (χ0v) is 14.9. The second-order valence-electron chi connectivity index (χ2n) is 6.36. The average Bonchev–Trinajstić information content (AvgIpc) is 3.21. The van der Waals surface area contributed by atoms with E-state index in [-0.39, 0.29) is 24.3 Å². The Labute approximate surface area is 157 Å². The third-order valence-corrected chi connectivity index (χ3v) is 4.32. The molecule has 0 unspecified atom stereocenters. The number of amides is 2. The second-order valence-corrected chi connectivity index (χ2v) is 6.36. The minimum atomic E-state index is -0.318. The fraction of sp³-hybridized carbons (Fsp3) is 0.250. The maximum atomic E-state index is 12.3. The van der Waals surface area contributed by atoms with Crippen LogP contribution < -0.4 is 15.8 Å². The summed E-state index contributed by atoms with van der Waals surface area (Å²) < 4.78 is 5.44. The molecule has 1 saturated heterocycles. The molecule has 0 spiro atoms. The number of nitrogens with one attached hydrogen (secondary N) is 2. The Morgan fingerprint density at radius 3 is 2.44 bits per heavy atom. The molecule has 2 aromatic carbocycles. The molecule has 7 nitrogen and oxygen atoms in total. The third-order valence-electron chi connectivity index (χ3n) is 4.32. The number of ether oxygens (including phenoxy) is 1. The largest absolute Gasteiger partial charge is 0.484 e. The van der Waals surface area contributed by atoms with Gasteiger partial charge in [-0.05, 0) is 49.2 Å². The molecule has 1 fully saturated rings. The number of benzene rings is 2. The molecule has 0 aromatic heterocycles. The lowest BCUT2D eigenvalue weighted by molar-refractivity contribution is -0.118. The van der Waals surface area contributed by atoms with E-state index in [2.05, 4.69) is 5.32 Å². The van der Waals surface area contributed by atoms with Crippen LogP contribution in [0.1, 0.15) is 28.8 Å². The van der Waals surface area contributed by atoms with Crippen LogP contribution in [0.3, 0.4) is 0 Å². The van der Waals surface area contributed by atoms with Crippen molar-refractivity contribution in [2.24, 2.45) is 5.73 Å². The first-order valence-electron chi connectivity index (χ1n) is 8.79. The summed E-state index contributed by atoms with van der Waals surface area (Å²) in [5.41, 5.74) is 7.18. The van der Waals surface area contributed by atoms with Crippen LogP contribution >= 0.6 is 0 Å². The van der Waals surface area contributed by atoms with Gasteiger partial charge in [-0.25, -0.2) is 0 Å². The number of anilines is 1. The van der Waals surface area contributed by atoms with Crippen molar-refractivity contribution in [3.8, 4) is 5.75 Å². The molecule has 2 aromatic rings. The van der Waals surface area contributed by atoms with Gasteiger partial charge in [-0.2, -0.15) is 0 Å². The Morgan fingerprint density at radius 2 is 1.78 bits per heavy atom. The monoisotopic (exact) mass is 366 g/mol. The van der Waals surface area contributed by atoms with Crippen molar-refractivity contribution in [1.82, 2.24) is 4.90 Å². The molecule has 3 rings (SSSR count). The first-order chi connectivity index (χ1) is 13.0. The molecule has 1 aliphatic heterocycles. The number of rotatable bonds is 6. The van der Waals surface area contributed by atoms with Crippen molar-refractivity contribution in [3.05, 3.63) is 59.7 Å². The van der Waals surface area contributed by atoms with Gasteiger partial charge in [-0.3, -0.25) is 15.0 Å². The fourth-order valence-corrected chi connectivity index (χ4v) is 2.90. The molecule has 140 valence electrons. The van der Waals surface area contributed by atoms with Crippen molar-refractivity contribution >= 4 is 23.3 Å². The number of carbonyl (C=O) groups excluding carboxylic acids is 2. The molecule has 0 saturated carbocycles. The lowest BCUT2D eigenvalue weighted by Crippen LogP contribution is -2.27. The number of likely N-dealkylation sites (tertiary alicyclic amines) is 1. The number of nitrogens with two attached hydrogens (primary N) is 1. The highest BCUT2D eigenvalue weighted by atomic mass is 16.5. The molecule has 0 atom stereocenters. The van der Waals surface area contributed by atoms with Crippen LogP contribution in [-0.2, 0) is 4.79 Å². The zero-order chi connectivity index (χ0) is 19.2. The second kappa shape index (κ2) is 8.35.